The number of hydrogen-bond donors (Lipinski definition) is 3. The molecule has 0 aromatic heterocycles. The fourth-order valence-corrected chi connectivity index (χ4v) is 11.9. The highest BCUT2D eigenvalue weighted by Gasteiger charge is 2.30. The van der Waals surface area contributed by atoms with E-state index in [1.165, 1.54) is 135 Å². The third kappa shape index (κ3) is 61.6. The maximum atomic E-state index is 13.0. The number of aliphatic hydroxyl groups excluding tert-OH is 1. The van der Waals surface area contributed by atoms with Gasteiger partial charge in [0, 0.05) is 25.7 Å². The molecule has 17 nitrogen and oxygen atoms in total. The second-order valence-electron chi connectivity index (χ2n) is 26.6. The van der Waals surface area contributed by atoms with Gasteiger partial charge < -0.3 is 33.8 Å². The highest BCUT2D eigenvalue weighted by Crippen LogP contribution is 2.45. The highest BCUT2D eigenvalue weighted by atomic mass is 31.2. The van der Waals surface area contributed by atoms with Crippen LogP contribution in [0.4, 0.5) is 0 Å². The maximum absolute atomic E-state index is 13.0. The average Bonchev–Trinajstić information content (AvgIpc) is 3.58. The summed E-state index contributed by atoms with van der Waals surface area (Å²) in [4.78, 5) is 72.4. The van der Waals surface area contributed by atoms with Crippen LogP contribution in [0.1, 0.15) is 338 Å². The Bertz CT molecular complexity index is 1750. The van der Waals surface area contributed by atoms with Crippen molar-refractivity contribution in [2.24, 2.45) is 23.7 Å². The summed E-state index contributed by atoms with van der Waals surface area (Å²) in [5.74, 6) is 0.792. The Hall–Kier alpha value is -1.94. The normalized spacial score (nSPS) is 14.6. The summed E-state index contributed by atoms with van der Waals surface area (Å²) in [7, 11) is -9.90. The van der Waals surface area contributed by atoms with Crippen molar-refractivity contribution in [3.63, 3.8) is 0 Å². The molecule has 0 aliphatic rings. The topological polar surface area (TPSA) is 237 Å². The molecular formula is C69H134O17P2. The molecule has 0 saturated carbocycles. The Morgan fingerprint density at radius 3 is 0.807 bits per heavy atom. The molecule has 0 radical (unpaired) electrons. The smallest absolute Gasteiger partial charge is 0.462 e. The zero-order valence-electron chi connectivity index (χ0n) is 57.3. The van der Waals surface area contributed by atoms with Gasteiger partial charge in [0.1, 0.15) is 19.3 Å². The van der Waals surface area contributed by atoms with Crippen molar-refractivity contribution in [1.29, 1.82) is 0 Å². The van der Waals surface area contributed by atoms with Crippen LogP contribution in [0.5, 0.6) is 0 Å². The summed E-state index contributed by atoms with van der Waals surface area (Å²) in [6.45, 7) is 14.0. The molecule has 0 fully saturated rings. The Balaban J connectivity index is 5.21. The summed E-state index contributed by atoms with van der Waals surface area (Å²) in [6.07, 6.45) is 40.6. The number of phosphoric ester groups is 2. The van der Waals surface area contributed by atoms with E-state index in [0.717, 1.165) is 108 Å². The van der Waals surface area contributed by atoms with E-state index in [0.29, 0.717) is 37.5 Å². The molecule has 6 atom stereocenters. The predicted molar refractivity (Wildman–Crippen MR) is 354 cm³/mol. The van der Waals surface area contributed by atoms with Gasteiger partial charge in [0.2, 0.25) is 0 Å². The monoisotopic (exact) mass is 1300 g/mol. The Morgan fingerprint density at radius 1 is 0.318 bits per heavy atom. The van der Waals surface area contributed by atoms with Crippen molar-refractivity contribution < 1.29 is 80.2 Å². The first-order chi connectivity index (χ1) is 42.1. The largest absolute Gasteiger partial charge is 0.472 e. The van der Waals surface area contributed by atoms with Gasteiger partial charge in [0.15, 0.2) is 12.2 Å². The predicted octanol–water partition coefficient (Wildman–Crippen LogP) is 19.3. The van der Waals surface area contributed by atoms with Crippen molar-refractivity contribution in [2.45, 2.75) is 356 Å². The summed E-state index contributed by atoms with van der Waals surface area (Å²) >= 11 is 0. The first-order valence-electron chi connectivity index (χ1n) is 35.7. The lowest BCUT2D eigenvalue weighted by Gasteiger charge is -2.21. The van der Waals surface area contributed by atoms with Gasteiger partial charge in [-0.1, -0.05) is 287 Å². The van der Waals surface area contributed by atoms with Gasteiger partial charge in [-0.2, -0.15) is 0 Å². The van der Waals surface area contributed by atoms with Crippen LogP contribution in [0.15, 0.2) is 0 Å². The fourth-order valence-electron chi connectivity index (χ4n) is 10.3. The molecule has 19 heteroatoms. The Morgan fingerprint density at radius 2 is 0.545 bits per heavy atom. The Labute approximate surface area is 537 Å². The SMILES string of the molecule is CCC(C)CCCCCCCCCCC(=O)OC[C@H](COP(=O)(O)OC[C@@H](O)COP(=O)(O)OC[C@@H](COC(=O)CCCCCCCCC(C)C)OC(=O)CCCCCCCCC(C)C)OC(=O)CCCCCCCCCCCCCCCCCC(C)C. The van der Waals surface area contributed by atoms with Gasteiger partial charge in [-0.15, -0.1) is 0 Å². The summed E-state index contributed by atoms with van der Waals surface area (Å²) in [6, 6.07) is 0. The summed E-state index contributed by atoms with van der Waals surface area (Å²) in [5.41, 5.74) is 0. The molecule has 0 bridgehead atoms. The minimum absolute atomic E-state index is 0.101. The molecule has 3 unspecified atom stereocenters. The van der Waals surface area contributed by atoms with E-state index in [1.807, 2.05) is 0 Å². The molecule has 522 valence electrons. The van der Waals surface area contributed by atoms with Crippen LogP contribution >= 0.6 is 15.6 Å². The number of hydrogen-bond acceptors (Lipinski definition) is 15. The van der Waals surface area contributed by atoms with Crippen LogP contribution in [-0.2, 0) is 65.4 Å². The quantitative estimate of drug-likeness (QED) is 0.0222. The lowest BCUT2D eigenvalue weighted by Crippen LogP contribution is -2.30. The third-order valence-corrected chi connectivity index (χ3v) is 18.1. The molecule has 0 rings (SSSR count). The van der Waals surface area contributed by atoms with Crippen molar-refractivity contribution in [2.75, 3.05) is 39.6 Å². The highest BCUT2D eigenvalue weighted by molar-refractivity contribution is 7.47. The van der Waals surface area contributed by atoms with E-state index in [1.54, 1.807) is 0 Å². The molecule has 0 aromatic rings. The van der Waals surface area contributed by atoms with Crippen molar-refractivity contribution in [3.05, 3.63) is 0 Å². The fraction of sp³-hybridized carbons (Fsp3) is 0.942. The molecule has 0 spiro atoms. The number of phosphoric acid groups is 2. The van der Waals surface area contributed by atoms with Gasteiger partial charge in [-0.3, -0.25) is 37.3 Å². The molecule has 0 heterocycles. The van der Waals surface area contributed by atoms with Gasteiger partial charge in [0.05, 0.1) is 26.4 Å². The molecule has 0 aliphatic carbocycles. The number of esters is 4. The Kier molecular flexibility index (Phi) is 57.6. The lowest BCUT2D eigenvalue weighted by molar-refractivity contribution is -0.161. The van der Waals surface area contributed by atoms with Gasteiger partial charge in [0.25, 0.3) is 0 Å². The number of ether oxygens (including phenoxy) is 4. The number of aliphatic hydroxyl groups is 1. The minimum Gasteiger partial charge on any atom is -0.462 e. The third-order valence-electron chi connectivity index (χ3n) is 16.2. The zero-order chi connectivity index (χ0) is 65.4. The molecule has 0 aromatic carbocycles. The van der Waals surface area contributed by atoms with Crippen LogP contribution in [0.3, 0.4) is 0 Å². The summed E-state index contributed by atoms with van der Waals surface area (Å²) < 4.78 is 68.1. The van der Waals surface area contributed by atoms with Crippen molar-refractivity contribution in [1.82, 2.24) is 0 Å². The van der Waals surface area contributed by atoms with Crippen LogP contribution in [0, 0.1) is 23.7 Å². The van der Waals surface area contributed by atoms with Crippen LogP contribution in [-0.4, -0.2) is 96.7 Å². The van der Waals surface area contributed by atoms with Crippen LogP contribution in [0.25, 0.3) is 0 Å². The van der Waals surface area contributed by atoms with E-state index in [2.05, 4.69) is 55.4 Å². The van der Waals surface area contributed by atoms with E-state index in [4.69, 9.17) is 37.0 Å². The number of unbranched alkanes of at least 4 members (excludes halogenated alkanes) is 31. The second kappa shape index (κ2) is 58.8. The zero-order valence-corrected chi connectivity index (χ0v) is 59.1. The van der Waals surface area contributed by atoms with E-state index in [-0.39, 0.29) is 25.7 Å². The first-order valence-corrected chi connectivity index (χ1v) is 38.7. The van der Waals surface area contributed by atoms with E-state index < -0.39 is 97.5 Å². The standard InChI is InChI=1S/C69H134O17P2/c1-9-62(8)48-40-32-22-19-20-23-33-41-49-66(71)79-55-64(85-68(73)51-43-35-24-18-16-14-12-10-11-13-15-17-21-29-37-45-59(2)3)57-83-87(75,76)81-53-63(70)54-82-88(77,78)84-58-65(86-69(74)52-44-36-28-26-31-39-47-61(6)7)56-80-67(72)50-42-34-27-25-30-38-46-60(4)5/h59-65,70H,9-58H2,1-8H3,(H,75,76)(H,77,78)/t62?,63-,64-,65-/m1/s1. The molecule has 0 amide bonds. The average molecular weight is 1300 g/mol. The van der Waals surface area contributed by atoms with Crippen LogP contribution in [0.2, 0.25) is 0 Å². The van der Waals surface area contributed by atoms with Crippen molar-refractivity contribution in [3.8, 4) is 0 Å². The first kappa shape index (κ1) is 86.1. The van der Waals surface area contributed by atoms with Gasteiger partial charge in [-0.25, -0.2) is 9.13 Å². The molecule has 3 N–H and O–H groups in total. The van der Waals surface area contributed by atoms with Crippen molar-refractivity contribution >= 4 is 39.5 Å². The number of rotatable bonds is 66. The number of carbonyl (C=O) groups is 4. The van der Waals surface area contributed by atoms with Gasteiger partial charge >= 0.3 is 39.5 Å². The molecule has 88 heavy (non-hydrogen) atoms. The summed E-state index contributed by atoms with van der Waals surface area (Å²) in [5, 5.41) is 10.6. The van der Waals surface area contributed by atoms with Gasteiger partial charge in [-0.05, 0) is 49.4 Å². The number of carbonyl (C=O) groups excluding carboxylic acids is 4. The van der Waals surface area contributed by atoms with E-state index in [9.17, 15) is 43.2 Å². The minimum atomic E-state index is -4.95. The molecular weight excluding hydrogens is 1160 g/mol. The van der Waals surface area contributed by atoms with Crippen LogP contribution < -0.4 is 0 Å². The lowest BCUT2D eigenvalue weighted by atomic mass is 9.99. The second-order valence-corrected chi connectivity index (χ2v) is 29.5. The maximum Gasteiger partial charge on any atom is 0.472 e. The van der Waals surface area contributed by atoms with E-state index >= 15 is 0 Å². The molecule has 0 saturated heterocycles. The molecule has 0 aliphatic heterocycles.